The Bertz CT molecular complexity index is 2460. The fraction of sp³-hybridized carbons (Fsp3) is 0.455. The second-order valence-electron chi connectivity index (χ2n) is 19.3. The summed E-state index contributed by atoms with van der Waals surface area (Å²) in [7, 11) is 0. The Morgan fingerprint density at radius 1 is 0.735 bits per heavy atom. The van der Waals surface area contributed by atoms with Crippen molar-refractivity contribution in [3.8, 4) is 22.8 Å². The zero-order chi connectivity index (χ0) is 49.6. The molecule has 13 heteroatoms. The molecular weight excluding hydrogens is 955 g/mol. The molecule has 68 heavy (non-hydrogen) atoms. The summed E-state index contributed by atoms with van der Waals surface area (Å²) in [6.07, 6.45) is 14.2. The maximum atomic E-state index is 14.2. The molecule has 0 saturated carbocycles. The van der Waals surface area contributed by atoms with E-state index in [9.17, 15) is 14.7 Å². The van der Waals surface area contributed by atoms with Crippen LogP contribution in [0.1, 0.15) is 156 Å². The Labute approximate surface area is 429 Å². The molecule has 0 saturated heterocycles. The lowest BCUT2D eigenvalue weighted by Gasteiger charge is -2.30. The van der Waals surface area contributed by atoms with Gasteiger partial charge in [0.1, 0.15) is 11.6 Å². The molecule has 0 aliphatic rings. The first-order valence-electron chi connectivity index (χ1n) is 24.2. The van der Waals surface area contributed by atoms with Gasteiger partial charge in [-0.2, -0.15) is 0 Å². The van der Waals surface area contributed by atoms with Gasteiger partial charge < -0.3 is 30.8 Å². The number of hydrogen-bond donors (Lipinski definition) is 5. The van der Waals surface area contributed by atoms with E-state index in [1.54, 1.807) is 36.4 Å². The lowest BCUT2D eigenvalue weighted by atomic mass is 9.78. The molecule has 0 spiro atoms. The molecule has 5 aromatic rings. The van der Waals surface area contributed by atoms with Crippen molar-refractivity contribution in [3.05, 3.63) is 104 Å². The van der Waals surface area contributed by atoms with E-state index >= 15 is 0 Å². The maximum Gasteiger partial charge on any atom is 0.265 e. The first-order valence-corrected chi connectivity index (χ1v) is 26.5. The number of hydrogen-bond acceptors (Lipinski definition) is 6. The normalized spacial score (nSPS) is 12.2. The Morgan fingerprint density at radius 3 is 1.99 bits per heavy atom. The molecule has 0 bridgehead atoms. The van der Waals surface area contributed by atoms with Gasteiger partial charge in [-0.15, -0.1) is 0 Å². The zero-order valence-corrected chi connectivity index (χ0v) is 44.8. The number of carbonyl (C=O) groups is 2. The van der Waals surface area contributed by atoms with Crippen LogP contribution in [0, 0.1) is 0 Å². The van der Waals surface area contributed by atoms with E-state index in [1.807, 2.05) is 31.2 Å². The lowest BCUT2D eigenvalue weighted by molar-refractivity contribution is -0.123. The predicted octanol–water partition coefficient (Wildman–Crippen LogP) is 18.3. The number of benzene rings is 4. The molecule has 5 N–H and O–H groups in total. The number of carbonyl (C=O) groups excluding carboxylic acids is 2. The van der Waals surface area contributed by atoms with Crippen molar-refractivity contribution in [2.24, 2.45) is 0 Å². The number of anilines is 4. The van der Waals surface area contributed by atoms with E-state index in [1.165, 1.54) is 68.7 Å². The predicted molar refractivity (Wildman–Crippen MR) is 290 cm³/mol. The largest absolute Gasteiger partial charge is 0.504 e. The summed E-state index contributed by atoms with van der Waals surface area (Å²) >= 11 is 27.7. The maximum absolute atomic E-state index is 14.2. The van der Waals surface area contributed by atoms with Crippen LogP contribution in [0.5, 0.6) is 11.5 Å². The Kier molecular flexibility index (Phi) is 20.8. The highest BCUT2D eigenvalue weighted by Gasteiger charge is 2.30. The third-order valence-corrected chi connectivity index (χ3v) is 14.8. The molecule has 0 fully saturated rings. The van der Waals surface area contributed by atoms with Crippen LogP contribution in [0.2, 0.25) is 20.1 Å². The van der Waals surface area contributed by atoms with E-state index in [4.69, 9.17) is 51.1 Å². The number of halogens is 4. The molecule has 5 rings (SSSR count). The van der Waals surface area contributed by atoms with Gasteiger partial charge in [-0.05, 0) is 84.2 Å². The number of rotatable bonds is 25. The van der Waals surface area contributed by atoms with Crippen LogP contribution < -0.4 is 20.7 Å². The van der Waals surface area contributed by atoms with E-state index in [2.05, 4.69) is 81.5 Å². The van der Waals surface area contributed by atoms with Crippen molar-refractivity contribution < 1.29 is 19.4 Å². The standard InChI is InChI=1S/C55H70Cl4N4O4S/c1-9-12-13-14-15-16-17-18-19-20-21-26-47(64)60-37-28-29-39(57)43(34-37)61-52-51(50(65)49(63-52)48-40(58)32-36(56)33-41(48)59)68-46-25-23-22-24-42(46)62-53(66)44(10-2)67-45-30-27-35(54(4,5)6)31-38(45)55(7,8)11-3/h22-25,27-34,44,61,63,65H,9-21,26H2,1-8H3,(H,60,64)(H,62,66). The molecule has 1 atom stereocenters. The molecule has 0 aliphatic carbocycles. The van der Waals surface area contributed by atoms with Crippen LogP contribution in [0.15, 0.2) is 82.6 Å². The molecular formula is C55H70Cl4N4O4S. The van der Waals surface area contributed by atoms with Crippen LogP contribution >= 0.6 is 58.2 Å². The summed E-state index contributed by atoms with van der Waals surface area (Å²) < 4.78 is 6.58. The van der Waals surface area contributed by atoms with Gasteiger partial charge in [-0.25, -0.2) is 0 Å². The van der Waals surface area contributed by atoms with E-state index in [0.29, 0.717) is 66.9 Å². The number of aromatic amines is 1. The van der Waals surface area contributed by atoms with Crippen molar-refractivity contribution in [2.45, 2.75) is 172 Å². The fourth-order valence-corrected chi connectivity index (χ4v) is 10.1. The van der Waals surface area contributed by atoms with Crippen molar-refractivity contribution in [1.82, 2.24) is 4.98 Å². The third kappa shape index (κ3) is 15.3. The van der Waals surface area contributed by atoms with Crippen molar-refractivity contribution in [3.63, 3.8) is 0 Å². The average Bonchev–Trinajstić information content (AvgIpc) is 3.58. The van der Waals surface area contributed by atoms with Crippen molar-refractivity contribution >= 4 is 92.9 Å². The van der Waals surface area contributed by atoms with E-state index in [0.717, 1.165) is 31.2 Å². The first-order chi connectivity index (χ1) is 32.4. The van der Waals surface area contributed by atoms with Crippen molar-refractivity contribution in [2.75, 3.05) is 16.0 Å². The van der Waals surface area contributed by atoms with Gasteiger partial charge in [0.25, 0.3) is 5.91 Å². The topological polar surface area (TPSA) is 115 Å². The van der Waals surface area contributed by atoms with Crippen LogP contribution in [0.25, 0.3) is 11.3 Å². The van der Waals surface area contributed by atoms with Gasteiger partial charge in [-0.3, -0.25) is 9.59 Å². The minimum Gasteiger partial charge on any atom is -0.504 e. The SMILES string of the molecule is CCCCCCCCCCCCCC(=O)Nc1ccc(Cl)c(Nc2[nH]c(-c3c(Cl)cc(Cl)cc3Cl)c(O)c2Sc2ccccc2NC(=O)C(CC)Oc2ccc(C(C)(C)C)cc2C(C)(C)CC)c1. The lowest BCUT2D eigenvalue weighted by Crippen LogP contribution is -2.33. The summed E-state index contributed by atoms with van der Waals surface area (Å²) in [5.41, 5.74) is 4.12. The van der Waals surface area contributed by atoms with Crippen molar-refractivity contribution in [1.29, 1.82) is 0 Å². The summed E-state index contributed by atoms with van der Waals surface area (Å²) in [6.45, 7) is 17.3. The Hall–Kier alpha value is -3.99. The minimum atomic E-state index is -0.798. The molecule has 2 amide bonds. The van der Waals surface area contributed by atoms with Gasteiger partial charge in [-0.1, -0.05) is 202 Å². The van der Waals surface area contributed by atoms with Gasteiger partial charge in [0, 0.05) is 33.2 Å². The van der Waals surface area contributed by atoms with Crippen LogP contribution in [0.3, 0.4) is 0 Å². The van der Waals surface area contributed by atoms with Crippen LogP contribution in [0.4, 0.5) is 22.9 Å². The first kappa shape index (κ1) is 54.9. The van der Waals surface area contributed by atoms with Gasteiger partial charge >= 0.3 is 0 Å². The van der Waals surface area contributed by atoms with Gasteiger partial charge in [0.15, 0.2) is 11.9 Å². The number of aromatic nitrogens is 1. The highest BCUT2D eigenvalue weighted by molar-refractivity contribution is 7.99. The quantitative estimate of drug-likeness (QED) is 0.0372. The summed E-state index contributed by atoms with van der Waals surface area (Å²) in [5.74, 6) is 0.497. The molecule has 0 aliphatic heterocycles. The number of unbranched alkanes of at least 4 members (excludes halogenated alkanes) is 10. The smallest absolute Gasteiger partial charge is 0.265 e. The van der Waals surface area contributed by atoms with Gasteiger partial charge in [0.2, 0.25) is 5.91 Å². The summed E-state index contributed by atoms with van der Waals surface area (Å²) in [4.78, 5) is 31.5. The average molecular weight is 1030 g/mol. The number of ether oxygens (including phenoxy) is 1. The molecule has 0 radical (unpaired) electrons. The van der Waals surface area contributed by atoms with Gasteiger partial charge in [0.05, 0.1) is 37.0 Å². The van der Waals surface area contributed by atoms with Crippen LogP contribution in [-0.4, -0.2) is 28.0 Å². The second kappa shape index (κ2) is 25.7. The summed E-state index contributed by atoms with van der Waals surface area (Å²) in [6, 6.07) is 21.9. The molecule has 4 aromatic carbocycles. The van der Waals surface area contributed by atoms with E-state index < -0.39 is 6.10 Å². The zero-order valence-electron chi connectivity index (χ0n) is 41.0. The summed E-state index contributed by atoms with van der Waals surface area (Å²) in [5, 5.41) is 22.7. The van der Waals surface area contributed by atoms with E-state index in [-0.39, 0.29) is 44.1 Å². The molecule has 1 unspecified atom stereocenters. The number of para-hydroxylation sites is 1. The molecule has 8 nitrogen and oxygen atoms in total. The molecule has 1 heterocycles. The third-order valence-electron chi connectivity index (χ3n) is 12.5. The number of nitrogens with one attached hydrogen (secondary N) is 4. The highest BCUT2D eigenvalue weighted by Crippen LogP contribution is 2.51. The monoisotopic (exact) mass is 1020 g/mol. The molecule has 368 valence electrons. The number of aromatic hydroxyl groups is 1. The number of H-pyrrole nitrogens is 1. The Morgan fingerprint density at radius 2 is 1.37 bits per heavy atom. The minimum absolute atomic E-state index is 0.0587. The highest BCUT2D eigenvalue weighted by atomic mass is 35.5. The second-order valence-corrected chi connectivity index (χ2v) is 22.0. The molecule has 1 aromatic heterocycles. The fourth-order valence-electron chi connectivity index (χ4n) is 7.91. The van der Waals surface area contributed by atoms with Crippen LogP contribution in [-0.2, 0) is 20.4 Å². The Balaban J connectivity index is 1.37. The number of amides is 2.